The van der Waals surface area contributed by atoms with Crippen LogP contribution in [0.2, 0.25) is 0 Å². The quantitative estimate of drug-likeness (QED) is 0.816. The van der Waals surface area contributed by atoms with Gasteiger partial charge < -0.3 is 14.8 Å². The number of ether oxygens (including phenoxy) is 2. The fraction of sp³-hybridized carbons (Fsp3) is 0.278. The minimum Gasteiger partial charge on any atom is -0.493 e. The molecule has 0 unspecified atom stereocenters. The third kappa shape index (κ3) is 4.73. The fourth-order valence-electron chi connectivity index (χ4n) is 2.32. The average Bonchev–Trinajstić information content (AvgIpc) is 2.60. The summed E-state index contributed by atoms with van der Waals surface area (Å²) < 4.78 is 35.1. The largest absolute Gasteiger partial charge is 0.493 e. The molecule has 0 heterocycles. The van der Waals surface area contributed by atoms with Crippen molar-refractivity contribution in [1.29, 1.82) is 0 Å². The minimum absolute atomic E-state index is 0.0173. The van der Waals surface area contributed by atoms with E-state index in [-0.39, 0.29) is 23.1 Å². The maximum absolute atomic E-state index is 12.4. The van der Waals surface area contributed by atoms with Crippen molar-refractivity contribution in [2.24, 2.45) is 0 Å². The zero-order chi connectivity index (χ0) is 18.4. The highest BCUT2D eigenvalue weighted by Crippen LogP contribution is 2.29. The molecule has 2 aromatic rings. The number of nitrogens with one attached hydrogen (secondary N) is 1. The summed E-state index contributed by atoms with van der Waals surface area (Å²) in [6.45, 7) is 1.90. The maximum atomic E-state index is 12.4. The molecule has 0 aliphatic heterocycles. The Morgan fingerprint density at radius 2 is 1.76 bits per heavy atom. The van der Waals surface area contributed by atoms with Gasteiger partial charge in [0.1, 0.15) is 0 Å². The molecule has 0 aliphatic carbocycles. The van der Waals surface area contributed by atoms with Gasteiger partial charge in [-0.1, -0.05) is 17.7 Å². The Morgan fingerprint density at radius 3 is 2.40 bits per heavy atom. The van der Waals surface area contributed by atoms with Crippen LogP contribution < -0.4 is 14.8 Å². The van der Waals surface area contributed by atoms with E-state index >= 15 is 0 Å². The molecule has 7 heteroatoms. The zero-order valence-electron chi connectivity index (χ0n) is 14.4. The van der Waals surface area contributed by atoms with E-state index in [9.17, 15) is 13.2 Å². The van der Waals surface area contributed by atoms with E-state index in [1.807, 2.05) is 13.0 Å². The normalized spacial score (nSPS) is 11.0. The van der Waals surface area contributed by atoms with E-state index in [1.165, 1.54) is 32.4 Å². The molecule has 0 aliphatic rings. The monoisotopic (exact) mass is 363 g/mol. The second-order valence-corrected chi connectivity index (χ2v) is 7.57. The highest BCUT2D eigenvalue weighted by atomic mass is 32.2. The van der Waals surface area contributed by atoms with Crippen molar-refractivity contribution < 1.29 is 22.7 Å². The standard InChI is InChI=1S/C18H21NO5S/c1-13-5-4-6-14(11-13)18(20)19-9-10-25(21,22)15-7-8-16(23-2)17(12-15)24-3/h4-8,11-12H,9-10H2,1-3H3,(H,19,20). The molecule has 25 heavy (non-hydrogen) atoms. The lowest BCUT2D eigenvalue weighted by molar-refractivity contribution is 0.0956. The first-order valence-electron chi connectivity index (χ1n) is 7.67. The highest BCUT2D eigenvalue weighted by Gasteiger charge is 2.17. The highest BCUT2D eigenvalue weighted by molar-refractivity contribution is 7.91. The van der Waals surface area contributed by atoms with Crippen LogP contribution in [-0.2, 0) is 9.84 Å². The summed E-state index contributed by atoms with van der Waals surface area (Å²) >= 11 is 0. The molecule has 1 amide bonds. The van der Waals surface area contributed by atoms with Crippen molar-refractivity contribution in [1.82, 2.24) is 5.32 Å². The minimum atomic E-state index is -3.55. The second-order valence-electron chi connectivity index (χ2n) is 5.46. The number of amides is 1. The first-order chi connectivity index (χ1) is 11.9. The van der Waals surface area contributed by atoms with Crippen LogP contribution in [0.5, 0.6) is 11.5 Å². The van der Waals surface area contributed by atoms with Crippen molar-refractivity contribution in [3.05, 3.63) is 53.6 Å². The van der Waals surface area contributed by atoms with Crippen LogP contribution in [0.3, 0.4) is 0 Å². The SMILES string of the molecule is COc1ccc(S(=O)(=O)CCNC(=O)c2cccc(C)c2)cc1OC. The van der Waals surface area contributed by atoms with Gasteiger partial charge in [-0.25, -0.2) is 8.42 Å². The molecule has 6 nitrogen and oxygen atoms in total. The summed E-state index contributed by atoms with van der Waals surface area (Å²) in [6, 6.07) is 11.5. The van der Waals surface area contributed by atoms with Gasteiger partial charge in [0.2, 0.25) is 0 Å². The Morgan fingerprint density at radius 1 is 1.04 bits per heavy atom. The smallest absolute Gasteiger partial charge is 0.251 e. The van der Waals surface area contributed by atoms with Crippen LogP contribution in [0.1, 0.15) is 15.9 Å². The number of rotatable bonds is 7. The van der Waals surface area contributed by atoms with Crippen molar-refractivity contribution in [3.8, 4) is 11.5 Å². The van der Waals surface area contributed by atoms with Crippen LogP contribution in [0.25, 0.3) is 0 Å². The lowest BCUT2D eigenvalue weighted by atomic mass is 10.1. The van der Waals surface area contributed by atoms with Gasteiger partial charge in [-0.2, -0.15) is 0 Å². The molecule has 1 N–H and O–H groups in total. The fourth-order valence-corrected chi connectivity index (χ4v) is 3.48. The molecule has 0 atom stereocenters. The topological polar surface area (TPSA) is 81.7 Å². The molecule has 0 saturated carbocycles. The average molecular weight is 363 g/mol. The first kappa shape index (κ1) is 18.8. The van der Waals surface area contributed by atoms with Crippen LogP contribution in [-0.4, -0.2) is 40.8 Å². The number of carbonyl (C=O) groups excluding carboxylic acids is 1. The van der Waals surface area contributed by atoms with Gasteiger partial charge in [0, 0.05) is 18.2 Å². The lowest BCUT2D eigenvalue weighted by Crippen LogP contribution is -2.29. The number of benzene rings is 2. The second kappa shape index (κ2) is 8.02. The molecule has 0 radical (unpaired) electrons. The van der Waals surface area contributed by atoms with Gasteiger partial charge in [0.25, 0.3) is 5.91 Å². The molecular formula is C18H21NO5S. The zero-order valence-corrected chi connectivity index (χ0v) is 15.2. The van der Waals surface area contributed by atoms with Crippen molar-refractivity contribution in [2.45, 2.75) is 11.8 Å². The summed E-state index contributed by atoms with van der Waals surface area (Å²) in [5.41, 5.74) is 1.47. The van der Waals surface area contributed by atoms with Crippen molar-refractivity contribution >= 4 is 15.7 Å². The Hall–Kier alpha value is -2.54. The molecule has 2 rings (SSSR count). The Bertz CT molecular complexity index is 862. The molecule has 134 valence electrons. The maximum Gasteiger partial charge on any atom is 0.251 e. The van der Waals surface area contributed by atoms with Gasteiger partial charge in [-0.3, -0.25) is 4.79 Å². The third-order valence-corrected chi connectivity index (χ3v) is 5.36. The van der Waals surface area contributed by atoms with Gasteiger partial charge in [0.05, 0.1) is 24.9 Å². The van der Waals surface area contributed by atoms with Gasteiger partial charge >= 0.3 is 0 Å². The molecule has 0 saturated heterocycles. The number of hydrogen-bond acceptors (Lipinski definition) is 5. The summed E-state index contributed by atoms with van der Waals surface area (Å²) in [5.74, 6) is 0.285. The number of hydrogen-bond donors (Lipinski definition) is 1. The number of aryl methyl sites for hydroxylation is 1. The Balaban J connectivity index is 2.03. The van der Waals surface area contributed by atoms with Crippen LogP contribution in [0.4, 0.5) is 0 Å². The van der Waals surface area contributed by atoms with Crippen LogP contribution >= 0.6 is 0 Å². The first-order valence-corrected chi connectivity index (χ1v) is 9.32. The molecule has 2 aromatic carbocycles. The number of carbonyl (C=O) groups is 1. The predicted octanol–water partition coefficient (Wildman–Crippen LogP) is 2.22. The van der Waals surface area contributed by atoms with Crippen molar-refractivity contribution in [3.63, 3.8) is 0 Å². The van der Waals surface area contributed by atoms with E-state index in [1.54, 1.807) is 18.2 Å². The third-order valence-electron chi connectivity index (χ3n) is 3.65. The van der Waals surface area contributed by atoms with Crippen LogP contribution in [0.15, 0.2) is 47.4 Å². The Kier molecular flexibility index (Phi) is 6.03. The van der Waals surface area contributed by atoms with Gasteiger partial charge in [-0.15, -0.1) is 0 Å². The van der Waals surface area contributed by atoms with Gasteiger partial charge in [-0.05, 0) is 31.2 Å². The van der Waals surface area contributed by atoms with E-state index in [2.05, 4.69) is 5.32 Å². The molecule has 0 spiro atoms. The summed E-state index contributed by atoms with van der Waals surface area (Å²) in [6.07, 6.45) is 0. The lowest BCUT2D eigenvalue weighted by Gasteiger charge is -2.11. The van der Waals surface area contributed by atoms with E-state index in [0.29, 0.717) is 17.1 Å². The Labute approximate surface area is 147 Å². The van der Waals surface area contributed by atoms with Gasteiger partial charge in [0.15, 0.2) is 21.3 Å². The molecular weight excluding hydrogens is 342 g/mol. The molecule has 0 aromatic heterocycles. The molecule has 0 fully saturated rings. The van der Waals surface area contributed by atoms with Crippen molar-refractivity contribution in [2.75, 3.05) is 26.5 Å². The van der Waals surface area contributed by atoms with E-state index in [0.717, 1.165) is 5.56 Å². The predicted molar refractivity (Wildman–Crippen MR) is 95.1 cm³/mol. The number of sulfone groups is 1. The van der Waals surface area contributed by atoms with Crippen LogP contribution in [0, 0.1) is 6.92 Å². The van der Waals surface area contributed by atoms with E-state index < -0.39 is 9.84 Å². The summed E-state index contributed by atoms with van der Waals surface area (Å²) in [7, 11) is -0.634. The van der Waals surface area contributed by atoms with E-state index in [4.69, 9.17) is 9.47 Å². The summed E-state index contributed by atoms with van der Waals surface area (Å²) in [4.78, 5) is 12.2. The molecule has 0 bridgehead atoms. The number of methoxy groups -OCH3 is 2. The summed E-state index contributed by atoms with van der Waals surface area (Å²) in [5, 5.41) is 2.63.